The molecule has 21 heavy (non-hydrogen) atoms. The predicted molar refractivity (Wildman–Crippen MR) is 83.3 cm³/mol. The maximum absolute atomic E-state index is 11.7. The van der Waals surface area contributed by atoms with Crippen LogP contribution in [0, 0.1) is 0 Å². The number of hydrogen-bond acceptors (Lipinski definition) is 3. The average molecular weight is 281 g/mol. The summed E-state index contributed by atoms with van der Waals surface area (Å²) >= 11 is 0. The Labute approximate surface area is 125 Å². The Bertz CT molecular complexity index is 591. The number of rotatable bonds is 6. The Kier molecular flexibility index (Phi) is 5.59. The molecule has 0 aliphatic rings. The summed E-state index contributed by atoms with van der Waals surface area (Å²) in [5.74, 6) is -0.336. The lowest BCUT2D eigenvalue weighted by atomic mass is 10.2. The second kappa shape index (κ2) is 7.90. The molecule has 0 atom stereocenters. The summed E-state index contributed by atoms with van der Waals surface area (Å²) in [7, 11) is 0. The maximum atomic E-state index is 11.7. The van der Waals surface area contributed by atoms with Gasteiger partial charge in [0.15, 0.2) is 0 Å². The summed E-state index contributed by atoms with van der Waals surface area (Å²) in [4.78, 5) is 11.7. The molecule has 1 N–H and O–H groups in total. The van der Waals surface area contributed by atoms with E-state index >= 15 is 0 Å². The van der Waals surface area contributed by atoms with Gasteiger partial charge in [0.1, 0.15) is 6.61 Å². The molecule has 108 valence electrons. The summed E-state index contributed by atoms with van der Waals surface area (Å²) in [5, 5.41) is 3.19. The first-order valence-electron chi connectivity index (χ1n) is 6.91. The van der Waals surface area contributed by atoms with Crippen LogP contribution in [0.3, 0.4) is 0 Å². The highest BCUT2D eigenvalue weighted by atomic mass is 16.5. The van der Waals surface area contributed by atoms with Gasteiger partial charge in [0.2, 0.25) is 0 Å². The van der Waals surface area contributed by atoms with E-state index in [-0.39, 0.29) is 5.97 Å². The summed E-state index contributed by atoms with van der Waals surface area (Å²) in [5.41, 5.74) is 2.94. The number of carbonyl (C=O) groups is 1. The Morgan fingerprint density at radius 3 is 2.19 bits per heavy atom. The van der Waals surface area contributed by atoms with Gasteiger partial charge in [0.25, 0.3) is 0 Å². The summed E-state index contributed by atoms with van der Waals surface area (Å²) < 4.78 is 5.20. The minimum Gasteiger partial charge on any atom is -0.458 e. The zero-order valence-electron chi connectivity index (χ0n) is 12.1. The number of hydrogen-bond donors (Lipinski definition) is 1. The van der Waals surface area contributed by atoms with Gasteiger partial charge < -0.3 is 10.1 Å². The Morgan fingerprint density at radius 1 is 1.00 bits per heavy atom. The molecule has 0 aromatic heterocycles. The van der Waals surface area contributed by atoms with E-state index in [0.29, 0.717) is 13.2 Å². The molecular formula is C18H19NO2. The Balaban J connectivity index is 1.77. The molecule has 3 nitrogen and oxygen atoms in total. The number of nitrogens with one attached hydrogen (secondary N) is 1. The molecule has 0 bridgehead atoms. The smallest absolute Gasteiger partial charge is 0.332 e. The molecular weight excluding hydrogens is 262 g/mol. The first-order chi connectivity index (χ1) is 10.2. The number of carbonyl (C=O) groups excluding carboxylic acids is 1. The van der Waals surface area contributed by atoms with E-state index in [4.69, 9.17) is 4.74 Å². The quantitative estimate of drug-likeness (QED) is 0.651. The van der Waals surface area contributed by atoms with Crippen molar-refractivity contribution in [2.75, 3.05) is 0 Å². The minimum absolute atomic E-state index is 0.294. The van der Waals surface area contributed by atoms with Gasteiger partial charge in [0, 0.05) is 18.3 Å². The third kappa shape index (κ3) is 5.53. The summed E-state index contributed by atoms with van der Waals surface area (Å²) in [6.45, 7) is 2.84. The number of ether oxygens (including phenoxy) is 1. The van der Waals surface area contributed by atoms with Crippen molar-refractivity contribution in [2.45, 2.75) is 20.1 Å². The largest absolute Gasteiger partial charge is 0.458 e. The van der Waals surface area contributed by atoms with Gasteiger partial charge in [-0.3, -0.25) is 0 Å². The number of benzene rings is 2. The average Bonchev–Trinajstić information content (AvgIpc) is 2.53. The van der Waals surface area contributed by atoms with Crippen molar-refractivity contribution in [1.29, 1.82) is 0 Å². The highest BCUT2D eigenvalue weighted by Gasteiger charge is 2.00. The maximum Gasteiger partial charge on any atom is 0.332 e. The Hall–Kier alpha value is -2.55. The lowest BCUT2D eigenvalue weighted by molar-refractivity contribution is -0.139. The molecule has 0 unspecified atom stereocenters. The molecule has 3 heteroatoms. The molecule has 2 aromatic carbocycles. The Morgan fingerprint density at radius 2 is 1.57 bits per heavy atom. The van der Waals surface area contributed by atoms with Gasteiger partial charge in [0.05, 0.1) is 0 Å². The van der Waals surface area contributed by atoms with Crippen LogP contribution in [0.5, 0.6) is 0 Å². The second-order valence-corrected chi connectivity index (χ2v) is 4.76. The van der Waals surface area contributed by atoms with Crippen molar-refractivity contribution < 1.29 is 9.53 Å². The van der Waals surface area contributed by atoms with E-state index in [1.807, 2.05) is 67.6 Å². The third-order valence-electron chi connectivity index (χ3n) is 2.97. The molecule has 2 rings (SSSR count). The molecule has 0 saturated heterocycles. The van der Waals surface area contributed by atoms with Crippen LogP contribution in [0.25, 0.3) is 0 Å². The van der Waals surface area contributed by atoms with Crippen LogP contribution in [0.4, 0.5) is 0 Å². The fourth-order valence-electron chi connectivity index (χ4n) is 1.84. The standard InChI is InChI=1S/C18H19NO2/c1-15(19-13-16-8-4-2-5-9-16)12-18(20)21-14-17-10-6-3-7-11-17/h2-12,19H,13-14H2,1H3. The van der Waals surface area contributed by atoms with E-state index < -0.39 is 0 Å². The van der Waals surface area contributed by atoms with Crippen molar-refractivity contribution in [2.24, 2.45) is 0 Å². The molecule has 2 aromatic rings. The molecule has 0 aliphatic heterocycles. The van der Waals surface area contributed by atoms with Crippen LogP contribution in [0.2, 0.25) is 0 Å². The molecule has 0 amide bonds. The first kappa shape index (κ1) is 14.9. The van der Waals surface area contributed by atoms with E-state index in [0.717, 1.165) is 11.3 Å². The zero-order chi connectivity index (χ0) is 14.9. The van der Waals surface area contributed by atoms with Crippen LogP contribution in [-0.4, -0.2) is 5.97 Å². The predicted octanol–water partition coefficient (Wildman–Crippen LogP) is 3.42. The fourth-order valence-corrected chi connectivity index (χ4v) is 1.84. The molecule has 0 saturated carbocycles. The van der Waals surface area contributed by atoms with Crippen molar-refractivity contribution in [1.82, 2.24) is 5.32 Å². The molecule has 0 fully saturated rings. The third-order valence-corrected chi connectivity index (χ3v) is 2.97. The van der Waals surface area contributed by atoms with E-state index in [2.05, 4.69) is 5.32 Å². The van der Waals surface area contributed by atoms with Crippen LogP contribution < -0.4 is 5.32 Å². The second-order valence-electron chi connectivity index (χ2n) is 4.76. The molecule has 0 radical (unpaired) electrons. The van der Waals surface area contributed by atoms with Crippen molar-refractivity contribution >= 4 is 5.97 Å². The monoisotopic (exact) mass is 281 g/mol. The molecule has 0 heterocycles. The number of esters is 1. The van der Waals surface area contributed by atoms with Gasteiger partial charge in [-0.25, -0.2) is 4.79 Å². The zero-order valence-corrected chi connectivity index (χ0v) is 12.1. The topological polar surface area (TPSA) is 38.3 Å². The lowest BCUT2D eigenvalue weighted by Crippen LogP contribution is -2.12. The summed E-state index contributed by atoms with van der Waals surface area (Å²) in [6, 6.07) is 19.7. The van der Waals surface area contributed by atoms with Gasteiger partial charge >= 0.3 is 5.97 Å². The SMILES string of the molecule is CC(=CC(=O)OCc1ccccc1)NCc1ccccc1. The van der Waals surface area contributed by atoms with Gasteiger partial charge in [-0.05, 0) is 18.1 Å². The fraction of sp³-hybridized carbons (Fsp3) is 0.167. The van der Waals surface area contributed by atoms with E-state index in [1.165, 1.54) is 11.6 Å². The van der Waals surface area contributed by atoms with Crippen molar-refractivity contribution in [3.63, 3.8) is 0 Å². The lowest BCUT2D eigenvalue weighted by Gasteiger charge is -2.07. The number of allylic oxidation sites excluding steroid dienone is 1. The highest BCUT2D eigenvalue weighted by Crippen LogP contribution is 2.02. The van der Waals surface area contributed by atoms with Gasteiger partial charge in [-0.2, -0.15) is 0 Å². The van der Waals surface area contributed by atoms with Gasteiger partial charge in [-0.15, -0.1) is 0 Å². The first-order valence-corrected chi connectivity index (χ1v) is 6.91. The minimum atomic E-state index is -0.336. The van der Waals surface area contributed by atoms with Gasteiger partial charge in [-0.1, -0.05) is 60.7 Å². The van der Waals surface area contributed by atoms with E-state index in [9.17, 15) is 4.79 Å². The highest BCUT2D eigenvalue weighted by molar-refractivity contribution is 5.82. The normalized spacial score (nSPS) is 11.0. The summed E-state index contributed by atoms with van der Waals surface area (Å²) in [6.07, 6.45) is 1.48. The van der Waals surface area contributed by atoms with Crippen LogP contribution in [0.15, 0.2) is 72.4 Å². The van der Waals surface area contributed by atoms with Crippen LogP contribution in [-0.2, 0) is 22.7 Å². The van der Waals surface area contributed by atoms with Crippen molar-refractivity contribution in [3.05, 3.63) is 83.6 Å². The van der Waals surface area contributed by atoms with E-state index in [1.54, 1.807) is 0 Å². The van der Waals surface area contributed by atoms with Crippen LogP contribution >= 0.6 is 0 Å². The molecule has 0 spiro atoms. The van der Waals surface area contributed by atoms with Crippen LogP contribution in [0.1, 0.15) is 18.1 Å². The molecule has 0 aliphatic carbocycles. The van der Waals surface area contributed by atoms with Crippen molar-refractivity contribution in [3.8, 4) is 0 Å².